The molecule has 0 saturated carbocycles. The summed E-state index contributed by atoms with van der Waals surface area (Å²) in [6.45, 7) is 3.33. The van der Waals surface area contributed by atoms with E-state index >= 15 is 0 Å². The van der Waals surface area contributed by atoms with Crippen LogP contribution in [0.15, 0.2) is 18.2 Å². The van der Waals surface area contributed by atoms with Crippen LogP contribution in [-0.4, -0.2) is 49.1 Å². The molecule has 0 spiro atoms. The zero-order chi connectivity index (χ0) is 15.4. The van der Waals surface area contributed by atoms with Gasteiger partial charge in [0.1, 0.15) is 5.75 Å². The lowest BCUT2D eigenvalue weighted by molar-refractivity contribution is -0.140. The fourth-order valence-electron chi connectivity index (χ4n) is 2.10. The monoisotopic (exact) mass is 312 g/mol. The highest BCUT2D eigenvalue weighted by Crippen LogP contribution is 2.22. The molecule has 0 aliphatic carbocycles. The first-order valence-corrected chi connectivity index (χ1v) is 6.96. The number of morpholine rings is 1. The lowest BCUT2D eigenvalue weighted by atomic mass is 10.2. The molecule has 1 aliphatic rings. The van der Waals surface area contributed by atoms with Crippen LogP contribution < -0.4 is 10.5 Å². The van der Waals surface area contributed by atoms with Gasteiger partial charge in [-0.15, -0.1) is 0 Å². The van der Waals surface area contributed by atoms with Gasteiger partial charge in [0, 0.05) is 18.1 Å². The van der Waals surface area contributed by atoms with E-state index in [9.17, 15) is 9.59 Å². The molecule has 1 fully saturated rings. The van der Waals surface area contributed by atoms with Gasteiger partial charge < -0.3 is 20.1 Å². The van der Waals surface area contributed by atoms with Crippen molar-refractivity contribution in [3.05, 3.63) is 28.8 Å². The van der Waals surface area contributed by atoms with Gasteiger partial charge in [-0.3, -0.25) is 9.59 Å². The molecule has 2 rings (SSSR count). The Hall–Kier alpha value is -1.79. The fraction of sp³-hybridized carbons (Fsp3) is 0.429. The Kier molecular flexibility index (Phi) is 5.03. The Morgan fingerprint density at radius 2 is 2.29 bits per heavy atom. The SMILES string of the molecule is CC1CN(C(=O)COc2ccc(Cl)cc2C(N)=O)CCO1. The van der Waals surface area contributed by atoms with Crippen LogP contribution in [0.4, 0.5) is 0 Å². The third kappa shape index (κ3) is 4.09. The first kappa shape index (κ1) is 15.6. The number of benzene rings is 1. The number of ether oxygens (including phenoxy) is 2. The number of carbonyl (C=O) groups is 2. The average molecular weight is 313 g/mol. The van der Waals surface area contributed by atoms with E-state index in [2.05, 4.69) is 0 Å². The van der Waals surface area contributed by atoms with E-state index < -0.39 is 5.91 Å². The van der Waals surface area contributed by atoms with Crippen molar-refractivity contribution >= 4 is 23.4 Å². The van der Waals surface area contributed by atoms with Gasteiger partial charge in [0.2, 0.25) is 0 Å². The van der Waals surface area contributed by atoms with Gasteiger partial charge in [0.05, 0.1) is 18.3 Å². The number of nitrogens with two attached hydrogens (primary N) is 1. The summed E-state index contributed by atoms with van der Waals surface area (Å²) in [5.41, 5.74) is 5.42. The maximum Gasteiger partial charge on any atom is 0.260 e. The van der Waals surface area contributed by atoms with Crippen molar-refractivity contribution in [3.63, 3.8) is 0 Å². The number of amides is 2. The summed E-state index contributed by atoms with van der Waals surface area (Å²) >= 11 is 5.81. The van der Waals surface area contributed by atoms with E-state index in [4.69, 9.17) is 26.8 Å². The molecular formula is C14H17ClN2O4. The van der Waals surface area contributed by atoms with Crippen molar-refractivity contribution in [2.24, 2.45) is 5.73 Å². The van der Waals surface area contributed by atoms with Gasteiger partial charge in [-0.1, -0.05) is 11.6 Å². The summed E-state index contributed by atoms with van der Waals surface area (Å²) < 4.78 is 10.8. The van der Waals surface area contributed by atoms with Crippen LogP contribution in [0.2, 0.25) is 5.02 Å². The second kappa shape index (κ2) is 6.78. The Labute approximate surface area is 127 Å². The van der Waals surface area contributed by atoms with Gasteiger partial charge in [-0.25, -0.2) is 0 Å². The number of hydrogen-bond donors (Lipinski definition) is 1. The molecule has 7 heteroatoms. The molecule has 0 bridgehead atoms. The Balaban J connectivity index is 1.99. The van der Waals surface area contributed by atoms with E-state index in [1.54, 1.807) is 11.0 Å². The molecule has 0 aromatic heterocycles. The molecule has 1 aromatic carbocycles. The number of primary amides is 1. The molecule has 21 heavy (non-hydrogen) atoms. The molecule has 0 radical (unpaired) electrons. The lowest BCUT2D eigenvalue weighted by Crippen LogP contribution is -2.46. The first-order valence-electron chi connectivity index (χ1n) is 6.59. The molecule has 1 aromatic rings. The van der Waals surface area contributed by atoms with E-state index in [0.717, 1.165) is 0 Å². The second-order valence-corrected chi connectivity index (χ2v) is 5.25. The van der Waals surface area contributed by atoms with Gasteiger partial charge in [0.25, 0.3) is 11.8 Å². The highest BCUT2D eigenvalue weighted by Gasteiger charge is 2.22. The topological polar surface area (TPSA) is 81.9 Å². The van der Waals surface area contributed by atoms with Crippen LogP contribution in [0.1, 0.15) is 17.3 Å². The normalized spacial score (nSPS) is 18.4. The summed E-state index contributed by atoms with van der Waals surface area (Å²) in [5, 5.41) is 0.379. The third-order valence-electron chi connectivity index (χ3n) is 3.15. The number of rotatable bonds is 4. The summed E-state index contributed by atoms with van der Waals surface area (Å²) in [5.74, 6) is -0.558. The molecule has 1 saturated heterocycles. The summed E-state index contributed by atoms with van der Waals surface area (Å²) in [6, 6.07) is 4.52. The minimum atomic E-state index is -0.653. The largest absolute Gasteiger partial charge is 0.483 e. The Morgan fingerprint density at radius 3 is 2.95 bits per heavy atom. The number of hydrogen-bond acceptors (Lipinski definition) is 4. The summed E-state index contributed by atoms with van der Waals surface area (Å²) in [4.78, 5) is 25.1. The minimum Gasteiger partial charge on any atom is -0.483 e. The van der Waals surface area contributed by atoms with Crippen molar-refractivity contribution in [1.82, 2.24) is 4.90 Å². The quantitative estimate of drug-likeness (QED) is 0.901. The molecular weight excluding hydrogens is 296 g/mol. The number of nitrogens with zero attached hydrogens (tertiary/aromatic N) is 1. The predicted molar refractivity (Wildman–Crippen MR) is 77.5 cm³/mol. The maximum absolute atomic E-state index is 12.1. The van der Waals surface area contributed by atoms with Crippen LogP contribution in [0, 0.1) is 0 Å². The van der Waals surface area contributed by atoms with E-state index in [1.165, 1.54) is 12.1 Å². The first-order chi connectivity index (χ1) is 9.97. The van der Waals surface area contributed by atoms with Gasteiger partial charge in [-0.05, 0) is 25.1 Å². The predicted octanol–water partition coefficient (Wildman–Crippen LogP) is 1.07. The molecule has 1 heterocycles. The van der Waals surface area contributed by atoms with E-state index in [1.807, 2.05) is 6.92 Å². The van der Waals surface area contributed by atoms with Crippen LogP contribution in [0.3, 0.4) is 0 Å². The number of carbonyl (C=O) groups excluding carboxylic acids is 2. The smallest absolute Gasteiger partial charge is 0.260 e. The van der Waals surface area contributed by atoms with E-state index in [0.29, 0.717) is 24.7 Å². The van der Waals surface area contributed by atoms with Crippen LogP contribution in [0.5, 0.6) is 5.75 Å². The number of halogens is 1. The average Bonchev–Trinajstić information content (AvgIpc) is 2.45. The summed E-state index contributed by atoms with van der Waals surface area (Å²) in [7, 11) is 0. The highest BCUT2D eigenvalue weighted by atomic mass is 35.5. The Bertz CT molecular complexity index is 550. The molecule has 6 nitrogen and oxygen atoms in total. The maximum atomic E-state index is 12.1. The Morgan fingerprint density at radius 1 is 1.52 bits per heavy atom. The summed E-state index contributed by atoms with van der Waals surface area (Å²) in [6.07, 6.45) is 0.0133. The standard InChI is InChI=1S/C14H17ClN2O4/c1-9-7-17(4-5-20-9)13(18)8-21-12-3-2-10(15)6-11(12)14(16)19/h2-3,6,9H,4-5,7-8H2,1H3,(H2,16,19). The zero-order valence-electron chi connectivity index (χ0n) is 11.7. The molecule has 1 atom stereocenters. The molecule has 1 aliphatic heterocycles. The van der Waals surface area contributed by atoms with Gasteiger partial charge in [-0.2, -0.15) is 0 Å². The minimum absolute atomic E-state index is 0.0133. The van der Waals surface area contributed by atoms with Crippen molar-refractivity contribution in [1.29, 1.82) is 0 Å². The molecule has 2 N–H and O–H groups in total. The van der Waals surface area contributed by atoms with E-state index in [-0.39, 0.29) is 29.9 Å². The highest BCUT2D eigenvalue weighted by molar-refractivity contribution is 6.31. The van der Waals surface area contributed by atoms with Gasteiger partial charge >= 0.3 is 0 Å². The molecule has 114 valence electrons. The van der Waals surface area contributed by atoms with Crippen molar-refractivity contribution in [2.45, 2.75) is 13.0 Å². The van der Waals surface area contributed by atoms with Crippen LogP contribution in [0.25, 0.3) is 0 Å². The van der Waals surface area contributed by atoms with Crippen molar-refractivity contribution in [3.8, 4) is 5.75 Å². The second-order valence-electron chi connectivity index (χ2n) is 4.81. The van der Waals surface area contributed by atoms with Crippen LogP contribution in [-0.2, 0) is 9.53 Å². The lowest BCUT2D eigenvalue weighted by Gasteiger charge is -2.31. The molecule has 2 amide bonds. The van der Waals surface area contributed by atoms with Crippen LogP contribution >= 0.6 is 11.6 Å². The van der Waals surface area contributed by atoms with Crippen molar-refractivity contribution in [2.75, 3.05) is 26.3 Å². The fourth-order valence-corrected chi connectivity index (χ4v) is 2.27. The zero-order valence-corrected chi connectivity index (χ0v) is 12.4. The van der Waals surface area contributed by atoms with Gasteiger partial charge in [0.15, 0.2) is 6.61 Å². The third-order valence-corrected chi connectivity index (χ3v) is 3.39. The molecule has 1 unspecified atom stereocenters. The van der Waals surface area contributed by atoms with Crippen molar-refractivity contribution < 1.29 is 19.1 Å².